The molecule has 3 nitrogen and oxygen atoms in total. The highest BCUT2D eigenvalue weighted by Gasteiger charge is 2.15. The topological polar surface area (TPSA) is 32.7 Å². The monoisotopic (exact) mass is 255 g/mol. The summed E-state index contributed by atoms with van der Waals surface area (Å²) in [7, 11) is 0. The molecule has 17 heavy (non-hydrogen) atoms. The van der Waals surface area contributed by atoms with Gasteiger partial charge in [-0.15, -0.1) is 0 Å². The maximum atomic E-state index is 12.8. The summed E-state index contributed by atoms with van der Waals surface area (Å²) in [4.78, 5) is 2.82. The molecule has 1 heterocycles. The van der Waals surface area contributed by atoms with Crippen molar-refractivity contribution < 1.29 is 14.2 Å². The quantitative estimate of drug-likeness (QED) is 0.816. The van der Waals surface area contributed by atoms with Crippen molar-refractivity contribution in [2.24, 2.45) is 0 Å². The minimum Gasteiger partial charge on any atom is -0.508 e. The van der Waals surface area contributed by atoms with Gasteiger partial charge in [-0.25, -0.2) is 4.39 Å². The molecular formula is C12H14FNO2S. The van der Waals surface area contributed by atoms with E-state index in [1.54, 1.807) is 6.07 Å². The number of benzene rings is 1. The Balaban J connectivity index is 2.02. The van der Waals surface area contributed by atoms with Gasteiger partial charge in [-0.3, -0.25) is 0 Å². The molecule has 1 saturated heterocycles. The van der Waals surface area contributed by atoms with Crippen molar-refractivity contribution in [3.63, 3.8) is 0 Å². The molecule has 0 atom stereocenters. The molecule has 1 aliphatic rings. The van der Waals surface area contributed by atoms with Gasteiger partial charge in [-0.2, -0.15) is 0 Å². The first-order valence-electron chi connectivity index (χ1n) is 5.50. The van der Waals surface area contributed by atoms with E-state index >= 15 is 0 Å². The normalized spacial score (nSPS) is 15.9. The number of rotatable bonds is 2. The van der Waals surface area contributed by atoms with Gasteiger partial charge in [0.2, 0.25) is 0 Å². The molecule has 0 spiro atoms. The average Bonchev–Trinajstić information content (AvgIpc) is 2.34. The molecule has 0 aliphatic carbocycles. The van der Waals surface area contributed by atoms with Crippen molar-refractivity contribution in [1.82, 2.24) is 4.90 Å². The van der Waals surface area contributed by atoms with Crippen molar-refractivity contribution in [3.05, 3.63) is 29.6 Å². The first kappa shape index (κ1) is 12.3. The highest BCUT2D eigenvalue weighted by atomic mass is 32.1. The third-order valence-corrected chi connectivity index (χ3v) is 3.16. The van der Waals surface area contributed by atoms with Crippen LogP contribution in [0, 0.1) is 5.82 Å². The predicted octanol–water partition coefficient (Wildman–Crippen LogP) is 1.73. The number of halogens is 1. The number of thiocarbonyl (C=S) groups is 1. The van der Waals surface area contributed by atoms with Crippen molar-refractivity contribution in [1.29, 1.82) is 0 Å². The van der Waals surface area contributed by atoms with Gasteiger partial charge in [-0.1, -0.05) is 18.3 Å². The molecule has 1 N–H and O–H groups in total. The third-order valence-electron chi connectivity index (χ3n) is 2.75. The minimum absolute atomic E-state index is 0.0411. The van der Waals surface area contributed by atoms with E-state index in [4.69, 9.17) is 17.0 Å². The predicted molar refractivity (Wildman–Crippen MR) is 66.8 cm³/mol. The summed E-state index contributed by atoms with van der Waals surface area (Å²) < 4.78 is 18.1. The number of aromatic hydroxyl groups is 1. The second-order valence-electron chi connectivity index (χ2n) is 3.94. The van der Waals surface area contributed by atoms with Crippen molar-refractivity contribution in [3.8, 4) is 5.75 Å². The second-order valence-corrected chi connectivity index (χ2v) is 4.41. The van der Waals surface area contributed by atoms with Crippen LogP contribution in [0.1, 0.15) is 5.56 Å². The average molecular weight is 255 g/mol. The molecule has 0 unspecified atom stereocenters. The van der Waals surface area contributed by atoms with Crippen LogP contribution in [0.5, 0.6) is 5.75 Å². The van der Waals surface area contributed by atoms with E-state index in [9.17, 15) is 9.50 Å². The molecule has 0 bridgehead atoms. The van der Waals surface area contributed by atoms with Crippen LogP contribution in [0.3, 0.4) is 0 Å². The molecule has 0 aromatic heterocycles. The Morgan fingerprint density at radius 2 is 2.12 bits per heavy atom. The second kappa shape index (κ2) is 5.42. The van der Waals surface area contributed by atoms with Crippen LogP contribution in [0.15, 0.2) is 18.2 Å². The van der Waals surface area contributed by atoms with Crippen LogP contribution in [0.4, 0.5) is 4.39 Å². The summed E-state index contributed by atoms with van der Waals surface area (Å²) >= 11 is 5.31. The van der Waals surface area contributed by atoms with E-state index in [1.807, 2.05) is 0 Å². The van der Waals surface area contributed by atoms with Gasteiger partial charge in [-0.05, 0) is 6.07 Å². The zero-order valence-electron chi connectivity index (χ0n) is 9.36. The van der Waals surface area contributed by atoms with Crippen LogP contribution >= 0.6 is 12.2 Å². The SMILES string of the molecule is Oc1cc(F)ccc1CC(=S)N1CCOCC1. The third kappa shape index (κ3) is 3.14. The van der Waals surface area contributed by atoms with Crippen LogP contribution in [0.2, 0.25) is 0 Å². The Morgan fingerprint density at radius 3 is 2.76 bits per heavy atom. The number of hydrogen-bond donors (Lipinski definition) is 1. The Bertz CT molecular complexity index is 419. The van der Waals surface area contributed by atoms with E-state index in [2.05, 4.69) is 4.90 Å². The van der Waals surface area contributed by atoms with Gasteiger partial charge in [0.05, 0.1) is 18.2 Å². The summed E-state index contributed by atoms with van der Waals surface area (Å²) in [5.41, 5.74) is 0.655. The highest BCUT2D eigenvalue weighted by Crippen LogP contribution is 2.19. The number of nitrogens with zero attached hydrogens (tertiary/aromatic N) is 1. The lowest BCUT2D eigenvalue weighted by Crippen LogP contribution is -2.40. The maximum absolute atomic E-state index is 12.8. The summed E-state index contributed by atoms with van der Waals surface area (Å²) in [5, 5.41) is 9.60. The first-order valence-corrected chi connectivity index (χ1v) is 5.90. The molecule has 1 aromatic carbocycles. The van der Waals surface area contributed by atoms with Gasteiger partial charge < -0.3 is 14.7 Å². The van der Waals surface area contributed by atoms with E-state index in [1.165, 1.54) is 6.07 Å². The first-order chi connectivity index (χ1) is 8.16. The molecule has 1 aliphatic heterocycles. The van der Waals surface area contributed by atoms with Crippen LogP contribution in [0.25, 0.3) is 0 Å². The Morgan fingerprint density at radius 1 is 1.41 bits per heavy atom. The standard InChI is InChI=1S/C12H14FNO2S/c13-10-2-1-9(11(15)8-10)7-12(17)14-3-5-16-6-4-14/h1-2,8,15H,3-7H2. The lowest BCUT2D eigenvalue weighted by Gasteiger charge is -2.29. The Hall–Kier alpha value is -1.20. The molecule has 2 rings (SSSR count). The van der Waals surface area contributed by atoms with E-state index < -0.39 is 5.82 Å². The van der Waals surface area contributed by atoms with Crippen molar-refractivity contribution in [2.45, 2.75) is 6.42 Å². The molecular weight excluding hydrogens is 241 g/mol. The van der Waals surface area contributed by atoms with Gasteiger partial charge in [0, 0.05) is 31.1 Å². The van der Waals surface area contributed by atoms with Gasteiger partial charge in [0.25, 0.3) is 0 Å². The number of morpholine rings is 1. The Labute approximate surface area is 105 Å². The molecule has 1 fully saturated rings. The fourth-order valence-corrected chi connectivity index (χ4v) is 2.11. The lowest BCUT2D eigenvalue weighted by atomic mass is 10.1. The fraction of sp³-hybridized carbons (Fsp3) is 0.417. The maximum Gasteiger partial charge on any atom is 0.126 e. The molecule has 0 amide bonds. The zero-order chi connectivity index (χ0) is 12.3. The van der Waals surface area contributed by atoms with E-state index in [0.717, 1.165) is 24.1 Å². The van der Waals surface area contributed by atoms with E-state index in [0.29, 0.717) is 25.2 Å². The number of hydrogen-bond acceptors (Lipinski definition) is 3. The molecule has 0 radical (unpaired) electrons. The van der Waals surface area contributed by atoms with Crippen LogP contribution < -0.4 is 0 Å². The minimum atomic E-state index is -0.441. The van der Waals surface area contributed by atoms with Crippen LogP contribution in [-0.2, 0) is 11.2 Å². The van der Waals surface area contributed by atoms with E-state index in [-0.39, 0.29) is 5.75 Å². The van der Waals surface area contributed by atoms with Gasteiger partial charge >= 0.3 is 0 Å². The Kier molecular flexibility index (Phi) is 3.91. The largest absolute Gasteiger partial charge is 0.508 e. The fourth-order valence-electron chi connectivity index (χ4n) is 1.77. The van der Waals surface area contributed by atoms with Gasteiger partial charge in [0.1, 0.15) is 11.6 Å². The lowest BCUT2D eigenvalue weighted by molar-refractivity contribution is 0.0684. The number of phenols is 1. The van der Waals surface area contributed by atoms with Crippen molar-refractivity contribution in [2.75, 3.05) is 26.3 Å². The van der Waals surface area contributed by atoms with Crippen LogP contribution in [-0.4, -0.2) is 41.3 Å². The molecule has 0 saturated carbocycles. The summed E-state index contributed by atoms with van der Waals surface area (Å²) in [6, 6.07) is 4.01. The molecule has 5 heteroatoms. The number of ether oxygens (including phenoxy) is 1. The number of phenolic OH excluding ortho intramolecular Hbond substituents is 1. The van der Waals surface area contributed by atoms with Crippen molar-refractivity contribution >= 4 is 17.2 Å². The van der Waals surface area contributed by atoms with Gasteiger partial charge in [0.15, 0.2) is 0 Å². The highest BCUT2D eigenvalue weighted by molar-refractivity contribution is 7.80. The zero-order valence-corrected chi connectivity index (χ0v) is 10.2. The molecule has 1 aromatic rings. The summed E-state index contributed by atoms with van der Waals surface area (Å²) in [6.07, 6.45) is 0.460. The summed E-state index contributed by atoms with van der Waals surface area (Å²) in [6.45, 7) is 2.91. The molecule has 92 valence electrons. The smallest absolute Gasteiger partial charge is 0.126 e. The summed E-state index contributed by atoms with van der Waals surface area (Å²) in [5.74, 6) is -0.482.